The standard InChI is InChI=1S/C24H30FN3O5S2/c1-2-33-24(30)22-19-6-4-3-5-7-20(19)34-23(22)26-21(29)16-27-12-14-28(15-13-27)35(31,32)18-10-8-17(25)9-11-18/h8-11H,2-7,12-16H2,1H3,(H,26,29). The van der Waals surface area contributed by atoms with E-state index in [9.17, 15) is 22.4 Å². The summed E-state index contributed by atoms with van der Waals surface area (Å²) in [7, 11) is -3.72. The van der Waals surface area contributed by atoms with Crippen LogP contribution >= 0.6 is 11.3 Å². The molecule has 1 aliphatic carbocycles. The molecule has 1 N–H and O–H groups in total. The molecule has 1 aromatic heterocycles. The number of carbonyl (C=O) groups is 2. The van der Waals surface area contributed by atoms with E-state index in [0.29, 0.717) is 23.7 Å². The molecule has 0 bridgehead atoms. The van der Waals surface area contributed by atoms with E-state index < -0.39 is 21.8 Å². The van der Waals surface area contributed by atoms with Crippen molar-refractivity contribution < 1.29 is 27.1 Å². The summed E-state index contributed by atoms with van der Waals surface area (Å²) in [6.45, 7) is 3.36. The second-order valence-electron chi connectivity index (χ2n) is 8.67. The number of nitrogens with zero attached hydrogens (tertiary/aromatic N) is 2. The van der Waals surface area contributed by atoms with E-state index in [1.807, 2.05) is 4.90 Å². The summed E-state index contributed by atoms with van der Waals surface area (Å²) in [6, 6.07) is 4.77. The summed E-state index contributed by atoms with van der Waals surface area (Å²) in [5.74, 6) is -1.14. The van der Waals surface area contributed by atoms with Crippen molar-refractivity contribution in [3.05, 3.63) is 46.1 Å². The van der Waals surface area contributed by atoms with Gasteiger partial charge in [-0.3, -0.25) is 9.69 Å². The second-order valence-corrected chi connectivity index (χ2v) is 11.7. The van der Waals surface area contributed by atoms with E-state index in [4.69, 9.17) is 4.74 Å². The number of thiophene rings is 1. The molecule has 190 valence electrons. The van der Waals surface area contributed by atoms with Crippen molar-refractivity contribution in [1.82, 2.24) is 9.21 Å². The van der Waals surface area contributed by atoms with Gasteiger partial charge in [0.05, 0.1) is 23.6 Å². The highest BCUT2D eigenvalue weighted by molar-refractivity contribution is 7.89. The molecule has 2 aliphatic rings. The Morgan fingerprint density at radius 1 is 1.06 bits per heavy atom. The Hall–Kier alpha value is -2.34. The highest BCUT2D eigenvalue weighted by Gasteiger charge is 2.30. The Balaban J connectivity index is 1.38. The van der Waals surface area contributed by atoms with Crippen molar-refractivity contribution in [1.29, 1.82) is 0 Å². The number of benzene rings is 1. The summed E-state index contributed by atoms with van der Waals surface area (Å²) >= 11 is 1.46. The minimum Gasteiger partial charge on any atom is -0.462 e. The SMILES string of the molecule is CCOC(=O)c1c(NC(=O)CN2CCN(S(=O)(=O)c3ccc(F)cc3)CC2)sc2c1CCCCC2. The molecule has 2 heterocycles. The van der Waals surface area contributed by atoms with Crippen LogP contribution in [0.1, 0.15) is 47.0 Å². The summed E-state index contributed by atoms with van der Waals surface area (Å²) in [5, 5.41) is 3.46. The lowest BCUT2D eigenvalue weighted by molar-refractivity contribution is -0.117. The lowest BCUT2D eigenvalue weighted by Crippen LogP contribution is -2.50. The van der Waals surface area contributed by atoms with Crippen LogP contribution in [-0.2, 0) is 32.4 Å². The van der Waals surface area contributed by atoms with E-state index in [2.05, 4.69) is 5.32 Å². The maximum absolute atomic E-state index is 13.2. The van der Waals surface area contributed by atoms with Gasteiger partial charge in [0.2, 0.25) is 15.9 Å². The van der Waals surface area contributed by atoms with Gasteiger partial charge < -0.3 is 10.1 Å². The van der Waals surface area contributed by atoms with Crippen LogP contribution in [0.15, 0.2) is 29.2 Å². The number of sulfonamides is 1. The number of carbonyl (C=O) groups excluding carboxylic acids is 2. The van der Waals surface area contributed by atoms with Crippen LogP contribution in [0.2, 0.25) is 0 Å². The first-order chi connectivity index (χ1) is 16.8. The molecule has 0 saturated carbocycles. The molecule has 35 heavy (non-hydrogen) atoms. The molecule has 1 saturated heterocycles. The third-order valence-corrected chi connectivity index (χ3v) is 9.42. The Kier molecular flexibility index (Phi) is 8.20. The summed E-state index contributed by atoms with van der Waals surface area (Å²) in [4.78, 5) is 28.6. The zero-order valence-corrected chi connectivity index (χ0v) is 21.4. The number of ether oxygens (including phenoxy) is 1. The van der Waals surface area contributed by atoms with Crippen molar-refractivity contribution in [2.24, 2.45) is 0 Å². The smallest absolute Gasteiger partial charge is 0.341 e. The van der Waals surface area contributed by atoms with Gasteiger partial charge in [0.1, 0.15) is 10.8 Å². The molecular formula is C24H30FN3O5S2. The molecule has 4 rings (SSSR count). The molecule has 1 aliphatic heterocycles. The molecule has 1 aromatic carbocycles. The lowest BCUT2D eigenvalue weighted by Gasteiger charge is -2.33. The predicted molar refractivity (Wildman–Crippen MR) is 132 cm³/mol. The number of hydrogen-bond donors (Lipinski definition) is 1. The van der Waals surface area contributed by atoms with E-state index >= 15 is 0 Å². The van der Waals surface area contributed by atoms with Gasteiger partial charge in [-0.15, -0.1) is 11.3 Å². The van der Waals surface area contributed by atoms with Gasteiger partial charge in [0, 0.05) is 31.1 Å². The van der Waals surface area contributed by atoms with Crippen LogP contribution in [0.5, 0.6) is 0 Å². The number of aryl methyl sites for hydroxylation is 1. The number of rotatable bonds is 7. The van der Waals surface area contributed by atoms with Gasteiger partial charge in [-0.1, -0.05) is 6.42 Å². The van der Waals surface area contributed by atoms with Crippen LogP contribution in [0.4, 0.5) is 9.39 Å². The molecule has 0 radical (unpaired) electrons. The predicted octanol–water partition coefficient (Wildman–Crippen LogP) is 3.28. The summed E-state index contributed by atoms with van der Waals surface area (Å²) in [6.07, 6.45) is 4.89. The van der Waals surface area contributed by atoms with Crippen molar-refractivity contribution in [2.45, 2.75) is 43.9 Å². The number of hydrogen-bond acceptors (Lipinski definition) is 7. The monoisotopic (exact) mass is 523 g/mol. The number of esters is 1. The van der Waals surface area contributed by atoms with Gasteiger partial charge in [-0.05, 0) is 62.4 Å². The maximum atomic E-state index is 13.2. The number of amides is 1. The van der Waals surface area contributed by atoms with E-state index in [-0.39, 0.29) is 37.0 Å². The van der Waals surface area contributed by atoms with Crippen molar-refractivity contribution in [2.75, 3.05) is 44.6 Å². The molecule has 1 amide bonds. The summed E-state index contributed by atoms with van der Waals surface area (Å²) in [5.41, 5.74) is 1.48. The van der Waals surface area contributed by atoms with Gasteiger partial charge in [0.15, 0.2) is 0 Å². The van der Waals surface area contributed by atoms with Gasteiger partial charge in [-0.2, -0.15) is 4.31 Å². The second kappa shape index (κ2) is 11.2. The van der Waals surface area contributed by atoms with Crippen LogP contribution in [0.25, 0.3) is 0 Å². The van der Waals surface area contributed by atoms with Gasteiger partial charge in [0.25, 0.3) is 0 Å². The fourth-order valence-electron chi connectivity index (χ4n) is 4.50. The Labute approximate surface area is 209 Å². The van der Waals surface area contributed by atoms with Gasteiger partial charge >= 0.3 is 5.97 Å². The molecule has 8 nitrogen and oxygen atoms in total. The Morgan fingerprint density at radius 2 is 1.74 bits per heavy atom. The first-order valence-corrected chi connectivity index (χ1v) is 14.1. The van der Waals surface area contributed by atoms with Crippen LogP contribution < -0.4 is 5.32 Å². The van der Waals surface area contributed by atoms with E-state index in [0.717, 1.165) is 54.7 Å². The van der Waals surface area contributed by atoms with E-state index in [1.165, 1.54) is 27.8 Å². The number of fused-ring (bicyclic) bond motifs is 1. The molecule has 0 unspecified atom stereocenters. The highest BCUT2D eigenvalue weighted by atomic mass is 32.2. The molecule has 0 spiro atoms. The average molecular weight is 524 g/mol. The molecule has 1 fully saturated rings. The highest BCUT2D eigenvalue weighted by Crippen LogP contribution is 2.38. The topological polar surface area (TPSA) is 96.0 Å². The molecule has 0 atom stereocenters. The minimum absolute atomic E-state index is 0.0500. The Bertz CT molecular complexity index is 1170. The van der Waals surface area contributed by atoms with Crippen molar-refractivity contribution in [3.8, 4) is 0 Å². The quantitative estimate of drug-likeness (QED) is 0.442. The first kappa shape index (κ1) is 25.7. The zero-order valence-electron chi connectivity index (χ0n) is 19.7. The number of anilines is 1. The first-order valence-electron chi connectivity index (χ1n) is 11.9. The van der Waals surface area contributed by atoms with Crippen LogP contribution in [0.3, 0.4) is 0 Å². The molecule has 11 heteroatoms. The van der Waals surface area contributed by atoms with Crippen LogP contribution in [-0.4, -0.2) is 68.8 Å². The minimum atomic E-state index is -3.72. The zero-order chi connectivity index (χ0) is 25.0. The average Bonchev–Trinajstić information content (AvgIpc) is 3.00. The normalized spacial score (nSPS) is 17.4. The lowest BCUT2D eigenvalue weighted by atomic mass is 10.1. The summed E-state index contributed by atoms with van der Waals surface area (Å²) < 4.78 is 45.4. The number of nitrogens with one attached hydrogen (secondary N) is 1. The molecular weight excluding hydrogens is 493 g/mol. The fraction of sp³-hybridized carbons (Fsp3) is 0.500. The fourth-order valence-corrected chi connectivity index (χ4v) is 7.22. The largest absolute Gasteiger partial charge is 0.462 e. The molecule has 2 aromatic rings. The van der Waals surface area contributed by atoms with E-state index in [1.54, 1.807) is 6.92 Å². The third-order valence-electron chi connectivity index (χ3n) is 6.30. The number of halogens is 1. The van der Waals surface area contributed by atoms with Crippen molar-refractivity contribution >= 4 is 38.2 Å². The Morgan fingerprint density at radius 3 is 2.43 bits per heavy atom. The van der Waals surface area contributed by atoms with Crippen molar-refractivity contribution in [3.63, 3.8) is 0 Å². The van der Waals surface area contributed by atoms with Crippen LogP contribution in [0, 0.1) is 5.82 Å². The maximum Gasteiger partial charge on any atom is 0.341 e. The number of piperazine rings is 1. The third kappa shape index (κ3) is 5.91. The van der Waals surface area contributed by atoms with Gasteiger partial charge in [-0.25, -0.2) is 17.6 Å².